The number of rotatable bonds is 3. The number of aromatic nitrogens is 4. The first-order chi connectivity index (χ1) is 19.5. The van der Waals surface area contributed by atoms with Crippen molar-refractivity contribution in [2.24, 2.45) is 12.8 Å². The second-order valence-electron chi connectivity index (χ2n) is 10.8. The van der Waals surface area contributed by atoms with Gasteiger partial charge >= 0.3 is 17.8 Å². The van der Waals surface area contributed by atoms with Crippen molar-refractivity contribution in [3.05, 3.63) is 97.8 Å². The normalized spacial score (nSPS) is 20.5. The Labute approximate surface area is 232 Å². The molecule has 41 heavy (non-hydrogen) atoms. The Morgan fingerprint density at radius 3 is 2.61 bits per heavy atom. The number of ketones is 1. The zero-order valence-electron chi connectivity index (χ0n) is 22.3. The summed E-state index contributed by atoms with van der Waals surface area (Å²) in [5.74, 6) is -0.0149. The van der Waals surface area contributed by atoms with Crippen LogP contribution in [0.2, 0.25) is 0 Å². The van der Waals surface area contributed by atoms with Crippen LogP contribution in [0.4, 0.5) is 19.1 Å². The van der Waals surface area contributed by atoms with E-state index in [0.29, 0.717) is 35.7 Å². The number of piperidine rings is 1. The molecule has 212 valence electrons. The van der Waals surface area contributed by atoms with Gasteiger partial charge in [-0.1, -0.05) is 36.4 Å². The number of alkyl halides is 3. The van der Waals surface area contributed by atoms with Gasteiger partial charge in [0.25, 0.3) is 5.56 Å². The number of fused-ring (bicyclic) bond motifs is 5. The Bertz CT molecular complexity index is 1840. The number of nitrogens with two attached hydrogens (primary N) is 1. The van der Waals surface area contributed by atoms with E-state index in [1.807, 2.05) is 6.20 Å². The largest absolute Gasteiger partial charge is 0.416 e. The molecule has 2 aromatic heterocycles. The van der Waals surface area contributed by atoms with Gasteiger partial charge in [-0.15, -0.1) is 0 Å². The molecule has 1 saturated heterocycles. The molecule has 4 aromatic rings. The highest BCUT2D eigenvalue weighted by atomic mass is 19.4. The Hall–Kier alpha value is -4.29. The van der Waals surface area contributed by atoms with E-state index in [0.717, 1.165) is 29.5 Å². The fourth-order valence-corrected chi connectivity index (χ4v) is 5.94. The maximum atomic E-state index is 14.0. The molecule has 1 fully saturated rings. The smallest absolute Gasteiger partial charge is 0.323 e. The van der Waals surface area contributed by atoms with E-state index in [9.17, 15) is 27.6 Å². The summed E-state index contributed by atoms with van der Waals surface area (Å²) >= 11 is 0. The van der Waals surface area contributed by atoms with Crippen LogP contribution in [0.25, 0.3) is 17.2 Å². The number of halogens is 3. The minimum Gasteiger partial charge on any atom is -0.323 e. The van der Waals surface area contributed by atoms with E-state index in [1.165, 1.54) is 17.7 Å². The molecule has 12 heteroatoms. The number of hydrogen-bond acceptors (Lipinski definition) is 5. The molecule has 0 aliphatic carbocycles. The number of nitrogens with zero attached hydrogens (tertiary/aromatic N) is 5. The van der Waals surface area contributed by atoms with Gasteiger partial charge in [0.15, 0.2) is 16.9 Å². The molecule has 1 spiro atoms. The third-order valence-corrected chi connectivity index (χ3v) is 8.04. The number of hydrogen-bond donors (Lipinski definition) is 1. The number of benzene rings is 2. The van der Waals surface area contributed by atoms with Crippen molar-refractivity contribution in [1.29, 1.82) is 0 Å². The average molecular weight is 566 g/mol. The van der Waals surface area contributed by atoms with E-state index in [-0.39, 0.29) is 28.2 Å². The Morgan fingerprint density at radius 1 is 1.15 bits per heavy atom. The lowest BCUT2D eigenvalue weighted by Crippen LogP contribution is -2.56. The van der Waals surface area contributed by atoms with Gasteiger partial charge in [-0.2, -0.15) is 18.2 Å². The number of carbonyl (C=O) groups excluding carboxylic acids is 1. The predicted molar refractivity (Wildman–Crippen MR) is 148 cm³/mol. The molecule has 2 N–H and O–H groups in total. The Balaban J connectivity index is 1.61. The van der Waals surface area contributed by atoms with E-state index < -0.39 is 35.3 Å². The fourth-order valence-electron chi connectivity index (χ4n) is 5.94. The van der Waals surface area contributed by atoms with Crippen molar-refractivity contribution in [2.75, 3.05) is 13.1 Å². The lowest BCUT2D eigenvalue weighted by atomic mass is 10.0. The van der Waals surface area contributed by atoms with E-state index in [4.69, 9.17) is 10.7 Å². The molecule has 4 heterocycles. The molecule has 6 rings (SSSR count). The van der Waals surface area contributed by atoms with Crippen molar-refractivity contribution in [2.45, 2.75) is 38.1 Å². The van der Waals surface area contributed by atoms with Crippen LogP contribution in [0.1, 0.15) is 39.9 Å². The minimum atomic E-state index is -4.55. The van der Waals surface area contributed by atoms with Gasteiger partial charge in [0, 0.05) is 12.6 Å². The molecule has 9 nitrogen and oxygen atoms in total. The number of Topliss-reactive ketones (excluding diaryl/α,β-unsaturated/α-hetero) is 1. The first-order valence-corrected chi connectivity index (χ1v) is 13.3. The third-order valence-electron chi connectivity index (χ3n) is 8.04. The van der Waals surface area contributed by atoms with Crippen LogP contribution in [0, 0.1) is 0 Å². The van der Waals surface area contributed by atoms with Crippen LogP contribution in [-0.2, 0) is 26.3 Å². The highest BCUT2D eigenvalue weighted by Gasteiger charge is 2.41. The summed E-state index contributed by atoms with van der Waals surface area (Å²) in [4.78, 5) is 45.1. The van der Waals surface area contributed by atoms with Gasteiger partial charge in [0.2, 0.25) is 0 Å². The number of imidazole rings is 1. The van der Waals surface area contributed by atoms with Crippen molar-refractivity contribution in [3.63, 3.8) is 0 Å². The second-order valence-corrected chi connectivity index (χ2v) is 10.8. The molecule has 0 bridgehead atoms. The first-order valence-electron chi connectivity index (χ1n) is 13.3. The standard InChI is InChI=1S/C29H28F3N6O3/c1-35-25-24(26(40)37(28(35)41)16-23(39)19-6-3-2-4-7-19)36-15-20-14-21(29(30,31)32)10-9-18(20)11-13-38(27(36)34-25)12-5-8-22(33)17-38/h2-4,6-7,9-11,13-14,22H,5,8,12,15-17,33H2,1H3/q+1. The van der Waals surface area contributed by atoms with Crippen LogP contribution >= 0.6 is 0 Å². The van der Waals surface area contributed by atoms with Gasteiger partial charge in [0.05, 0.1) is 31.2 Å². The van der Waals surface area contributed by atoms with Crippen molar-refractivity contribution >= 4 is 29.0 Å². The monoisotopic (exact) mass is 565 g/mol. The molecular formula is C29H28F3N6O3+. The Kier molecular flexibility index (Phi) is 6.34. The van der Waals surface area contributed by atoms with Crippen LogP contribution in [0.15, 0.2) is 64.3 Å². The summed E-state index contributed by atoms with van der Waals surface area (Å²) in [7, 11) is 1.46. The minimum absolute atomic E-state index is 0.0401. The summed E-state index contributed by atoms with van der Waals surface area (Å²) in [6.07, 6.45) is 0.669. The lowest BCUT2D eigenvalue weighted by Gasteiger charge is -2.39. The Morgan fingerprint density at radius 2 is 1.90 bits per heavy atom. The number of aryl methyl sites for hydroxylation is 1. The summed E-state index contributed by atoms with van der Waals surface area (Å²) in [6.45, 7) is 0.485. The van der Waals surface area contributed by atoms with Crippen LogP contribution in [-0.4, -0.2) is 43.6 Å². The lowest BCUT2D eigenvalue weighted by molar-refractivity contribution is -0.137. The molecule has 2 aliphatic heterocycles. The number of quaternary nitrogens is 1. The van der Waals surface area contributed by atoms with E-state index in [1.54, 1.807) is 41.0 Å². The SMILES string of the molecule is Cn1c(=O)n(CC(=O)c2ccccc2)c(=O)c2c1nc1n2Cc2cc(C(F)(F)F)ccc2C=C[N+]12CCCC(N)C2. The topological polar surface area (TPSA) is 105 Å². The molecule has 2 unspecified atom stereocenters. The highest BCUT2D eigenvalue weighted by Crippen LogP contribution is 2.36. The van der Waals surface area contributed by atoms with Crippen molar-refractivity contribution in [1.82, 2.24) is 23.2 Å². The summed E-state index contributed by atoms with van der Waals surface area (Å²) < 4.78 is 44.8. The van der Waals surface area contributed by atoms with Crippen molar-refractivity contribution < 1.29 is 18.0 Å². The summed E-state index contributed by atoms with van der Waals surface area (Å²) in [6, 6.07) is 11.7. The van der Waals surface area contributed by atoms with Gasteiger partial charge in [-0.25, -0.2) is 9.28 Å². The zero-order valence-corrected chi connectivity index (χ0v) is 22.3. The molecule has 2 aromatic carbocycles. The van der Waals surface area contributed by atoms with Gasteiger partial charge in [-0.05, 0) is 42.2 Å². The van der Waals surface area contributed by atoms with Gasteiger partial charge < -0.3 is 5.73 Å². The first kappa shape index (κ1) is 26.9. The zero-order chi connectivity index (χ0) is 29.1. The predicted octanol–water partition coefficient (Wildman–Crippen LogP) is 3.26. The molecule has 0 amide bonds. The summed E-state index contributed by atoms with van der Waals surface area (Å²) in [5.41, 5.74) is 5.54. The molecule has 2 aliphatic rings. The summed E-state index contributed by atoms with van der Waals surface area (Å²) in [5, 5.41) is 0. The maximum absolute atomic E-state index is 14.0. The fraction of sp³-hybridized carbons (Fsp3) is 0.310. The average Bonchev–Trinajstić information content (AvgIpc) is 3.32. The number of carbonyl (C=O) groups is 1. The maximum Gasteiger partial charge on any atom is 0.416 e. The van der Waals surface area contributed by atoms with E-state index in [2.05, 4.69) is 0 Å². The molecule has 0 saturated carbocycles. The van der Waals surface area contributed by atoms with Gasteiger partial charge in [-0.3, -0.25) is 23.3 Å². The molecule has 0 radical (unpaired) electrons. The van der Waals surface area contributed by atoms with Crippen LogP contribution < -0.4 is 21.5 Å². The second kappa shape index (κ2) is 9.67. The van der Waals surface area contributed by atoms with Crippen molar-refractivity contribution in [3.8, 4) is 0 Å². The van der Waals surface area contributed by atoms with Gasteiger partial charge in [0.1, 0.15) is 12.7 Å². The third kappa shape index (κ3) is 4.52. The van der Waals surface area contributed by atoms with Crippen LogP contribution in [0.3, 0.4) is 0 Å². The molecule has 2 atom stereocenters. The highest BCUT2D eigenvalue weighted by molar-refractivity contribution is 5.96. The van der Waals surface area contributed by atoms with Crippen LogP contribution in [0.5, 0.6) is 0 Å². The molecular weight excluding hydrogens is 537 g/mol. The van der Waals surface area contributed by atoms with E-state index >= 15 is 0 Å². The quantitative estimate of drug-likeness (QED) is 0.303.